The summed E-state index contributed by atoms with van der Waals surface area (Å²) in [5.41, 5.74) is 5.76. The van der Waals surface area contributed by atoms with E-state index in [2.05, 4.69) is 14.6 Å². The van der Waals surface area contributed by atoms with Gasteiger partial charge in [-0.15, -0.1) is 0 Å². The number of carbonyl (C=O) groups excluding carboxylic acids is 2. The second-order valence-corrected chi connectivity index (χ2v) is 6.40. The van der Waals surface area contributed by atoms with E-state index in [1.165, 1.54) is 6.07 Å². The Morgan fingerprint density at radius 2 is 2.04 bits per heavy atom. The molecule has 2 rings (SSSR count). The molecule has 1 fully saturated rings. The molecule has 0 atom stereocenters. The number of nitrogens with one attached hydrogen (secondary N) is 1. The standard InChI is InChI=1S/C13H19N5O6S/c1-2-15-13(20)11(19)12-16-10(17-6-4-3-5-7-17)8-9(14)18(12)24-25(21,22)23/h8,14H,2-7H2,1H3,(H2,15,20,21,22,23)/p+1. The van der Waals surface area contributed by atoms with Crippen LogP contribution in [0.2, 0.25) is 0 Å². The van der Waals surface area contributed by atoms with E-state index in [0.29, 0.717) is 23.6 Å². The molecule has 1 aromatic heterocycles. The van der Waals surface area contributed by atoms with Crippen LogP contribution in [0.4, 0.5) is 11.6 Å². The first-order chi connectivity index (χ1) is 11.7. The minimum absolute atomic E-state index is 0.186. The summed E-state index contributed by atoms with van der Waals surface area (Å²) in [4.78, 5) is 30.0. The van der Waals surface area contributed by atoms with Crippen LogP contribution in [0, 0.1) is 0 Å². The summed E-state index contributed by atoms with van der Waals surface area (Å²) >= 11 is 0. The third-order valence-corrected chi connectivity index (χ3v) is 3.86. The van der Waals surface area contributed by atoms with Crippen molar-refractivity contribution in [2.75, 3.05) is 30.3 Å². The van der Waals surface area contributed by atoms with E-state index in [1.807, 2.05) is 4.90 Å². The highest BCUT2D eigenvalue weighted by Gasteiger charge is 2.33. The maximum atomic E-state index is 12.3. The number of nitrogens with zero attached hydrogens (tertiary/aromatic N) is 3. The van der Waals surface area contributed by atoms with Gasteiger partial charge in [0.1, 0.15) is 0 Å². The van der Waals surface area contributed by atoms with Crippen molar-refractivity contribution >= 4 is 33.7 Å². The van der Waals surface area contributed by atoms with Crippen LogP contribution >= 0.6 is 0 Å². The summed E-state index contributed by atoms with van der Waals surface area (Å²) < 4.78 is 35.5. The summed E-state index contributed by atoms with van der Waals surface area (Å²) in [6, 6.07) is 1.31. The van der Waals surface area contributed by atoms with E-state index >= 15 is 0 Å². The monoisotopic (exact) mass is 374 g/mol. The Balaban J connectivity index is 2.51. The molecule has 0 spiro atoms. The molecule has 4 N–H and O–H groups in total. The highest BCUT2D eigenvalue weighted by Crippen LogP contribution is 2.18. The topological polar surface area (TPSA) is 156 Å². The van der Waals surface area contributed by atoms with Crippen LogP contribution < -0.4 is 25.0 Å². The van der Waals surface area contributed by atoms with Gasteiger partial charge in [0.05, 0.1) is 6.07 Å². The smallest absolute Gasteiger partial charge is 0.349 e. The molecule has 1 aliphatic heterocycles. The van der Waals surface area contributed by atoms with Gasteiger partial charge in [0.25, 0.3) is 11.7 Å². The number of carbonyl (C=O) groups is 2. The van der Waals surface area contributed by atoms with E-state index in [4.69, 9.17) is 10.3 Å². The molecule has 1 amide bonds. The van der Waals surface area contributed by atoms with Crippen LogP contribution in [0.5, 0.6) is 0 Å². The number of aromatic nitrogens is 2. The fraction of sp³-hybridized carbons (Fsp3) is 0.538. The number of ketones is 1. The van der Waals surface area contributed by atoms with Gasteiger partial charge in [0.2, 0.25) is 5.82 Å². The Hall–Kier alpha value is -2.47. The zero-order valence-corrected chi connectivity index (χ0v) is 14.5. The molecule has 0 aliphatic carbocycles. The number of nitrogens with two attached hydrogens (primary N) is 1. The minimum atomic E-state index is -4.99. The molecule has 2 heterocycles. The van der Waals surface area contributed by atoms with Crippen LogP contribution in [0.15, 0.2) is 6.07 Å². The maximum absolute atomic E-state index is 12.3. The van der Waals surface area contributed by atoms with E-state index in [-0.39, 0.29) is 12.4 Å². The Bertz CT molecular complexity index is 775. The zero-order valence-electron chi connectivity index (χ0n) is 13.6. The van der Waals surface area contributed by atoms with Gasteiger partial charge in [0.15, 0.2) is 0 Å². The van der Waals surface area contributed by atoms with Gasteiger partial charge in [-0.2, -0.15) is 8.42 Å². The van der Waals surface area contributed by atoms with Gasteiger partial charge >= 0.3 is 22.0 Å². The highest BCUT2D eigenvalue weighted by atomic mass is 32.3. The highest BCUT2D eigenvalue weighted by molar-refractivity contribution is 7.80. The number of Topliss-reactive ketones (excluding diaryl/α,β-unsaturated/α-hetero) is 1. The number of hydrogen-bond donors (Lipinski definition) is 3. The predicted molar refractivity (Wildman–Crippen MR) is 86.1 cm³/mol. The third-order valence-electron chi connectivity index (χ3n) is 3.52. The maximum Gasteiger partial charge on any atom is 0.476 e. The molecule has 0 radical (unpaired) electrons. The molecule has 1 aromatic rings. The summed E-state index contributed by atoms with van der Waals surface area (Å²) in [5, 5.41) is 2.29. The lowest BCUT2D eigenvalue weighted by atomic mass is 10.1. The first-order valence-corrected chi connectivity index (χ1v) is 9.07. The molecule has 138 valence electrons. The van der Waals surface area contributed by atoms with Crippen molar-refractivity contribution in [1.29, 1.82) is 0 Å². The average Bonchev–Trinajstić information content (AvgIpc) is 2.55. The largest absolute Gasteiger partial charge is 0.476 e. The Labute approximate surface area is 144 Å². The SMILES string of the molecule is CCNC(=O)C(=O)c1nc(N2CCCCC2)cc(N)[n+]1OS(=O)(=O)O. The number of anilines is 2. The molecule has 25 heavy (non-hydrogen) atoms. The van der Waals surface area contributed by atoms with Crippen molar-refractivity contribution in [1.82, 2.24) is 10.3 Å². The van der Waals surface area contributed by atoms with E-state index in [9.17, 15) is 18.0 Å². The van der Waals surface area contributed by atoms with Crippen molar-refractivity contribution < 1.29 is 31.6 Å². The molecule has 0 bridgehead atoms. The lowest BCUT2D eigenvalue weighted by Crippen LogP contribution is -2.55. The van der Waals surface area contributed by atoms with E-state index in [0.717, 1.165) is 19.3 Å². The zero-order chi connectivity index (χ0) is 18.6. The van der Waals surface area contributed by atoms with Gasteiger partial charge in [-0.05, 0) is 30.9 Å². The molecule has 1 saturated heterocycles. The summed E-state index contributed by atoms with van der Waals surface area (Å²) in [5.74, 6) is -2.78. The quantitative estimate of drug-likeness (QED) is 0.233. The van der Waals surface area contributed by atoms with Gasteiger partial charge < -0.3 is 16.0 Å². The van der Waals surface area contributed by atoms with Crippen molar-refractivity contribution in [3.05, 3.63) is 11.9 Å². The number of rotatable bonds is 6. The molecular formula is C13H20N5O6S+. The van der Waals surface area contributed by atoms with Crippen LogP contribution in [0.25, 0.3) is 0 Å². The van der Waals surface area contributed by atoms with E-state index < -0.39 is 27.9 Å². The van der Waals surface area contributed by atoms with Gasteiger partial charge in [-0.1, -0.05) is 4.98 Å². The van der Waals surface area contributed by atoms with Crippen molar-refractivity contribution in [3.8, 4) is 0 Å². The number of likely N-dealkylation sites (N-methyl/N-ethyl adjacent to an activating group) is 1. The number of amides is 1. The number of hydrogen-bond acceptors (Lipinski definition) is 8. The normalized spacial score (nSPS) is 14.9. The summed E-state index contributed by atoms with van der Waals surface area (Å²) in [6.45, 7) is 3.17. The number of piperidine rings is 1. The third kappa shape index (κ3) is 4.76. The van der Waals surface area contributed by atoms with Crippen LogP contribution in [0.3, 0.4) is 0 Å². The van der Waals surface area contributed by atoms with Gasteiger partial charge in [-0.3, -0.25) is 14.1 Å². The Morgan fingerprint density at radius 3 is 2.60 bits per heavy atom. The van der Waals surface area contributed by atoms with E-state index in [1.54, 1.807) is 6.92 Å². The lowest BCUT2D eigenvalue weighted by molar-refractivity contribution is -0.848. The Kier molecular flexibility index (Phi) is 5.74. The van der Waals surface area contributed by atoms with Crippen molar-refractivity contribution in [2.45, 2.75) is 26.2 Å². The minimum Gasteiger partial charge on any atom is -0.349 e. The lowest BCUT2D eigenvalue weighted by Gasteiger charge is -2.26. The molecule has 12 heteroatoms. The van der Waals surface area contributed by atoms with Crippen LogP contribution in [-0.2, 0) is 15.2 Å². The first-order valence-electron chi connectivity index (χ1n) is 7.70. The Morgan fingerprint density at radius 1 is 1.40 bits per heavy atom. The van der Waals surface area contributed by atoms with Crippen molar-refractivity contribution in [2.24, 2.45) is 0 Å². The molecule has 0 saturated carbocycles. The predicted octanol–water partition coefficient (Wildman–Crippen LogP) is -1.51. The first kappa shape index (κ1) is 18.9. The fourth-order valence-corrected chi connectivity index (χ4v) is 2.79. The van der Waals surface area contributed by atoms with Crippen LogP contribution in [0.1, 0.15) is 36.8 Å². The molecule has 0 aromatic carbocycles. The summed E-state index contributed by atoms with van der Waals surface area (Å²) in [6.07, 6.45) is 2.92. The molecule has 1 aliphatic rings. The number of nitrogen functional groups attached to an aromatic ring is 1. The van der Waals surface area contributed by atoms with Crippen LogP contribution in [-0.4, -0.2) is 49.3 Å². The summed E-state index contributed by atoms with van der Waals surface area (Å²) in [7, 11) is -4.99. The van der Waals surface area contributed by atoms with Gasteiger partial charge in [-0.25, -0.2) is 4.28 Å². The van der Waals surface area contributed by atoms with Gasteiger partial charge in [0, 0.05) is 19.6 Å². The second kappa shape index (κ2) is 7.61. The molecule has 0 unspecified atom stereocenters. The second-order valence-electron chi connectivity index (χ2n) is 5.40. The van der Waals surface area contributed by atoms with Crippen molar-refractivity contribution in [3.63, 3.8) is 0 Å². The average molecular weight is 374 g/mol. The molecular weight excluding hydrogens is 354 g/mol. The molecule has 11 nitrogen and oxygen atoms in total. The fourth-order valence-electron chi connectivity index (χ4n) is 2.44.